The number of benzene rings is 2. The molecule has 2 heterocycles. The zero-order chi connectivity index (χ0) is 19.6. The van der Waals surface area contributed by atoms with E-state index < -0.39 is 10.0 Å². The maximum atomic E-state index is 13.1. The zero-order valence-electron chi connectivity index (χ0n) is 16.8. The van der Waals surface area contributed by atoms with Crippen molar-refractivity contribution in [2.75, 3.05) is 45.8 Å². The molecule has 0 radical (unpaired) electrons. The number of rotatable bonds is 5. The Morgan fingerprint density at radius 3 is 2.25 bits per heavy atom. The van der Waals surface area contributed by atoms with Gasteiger partial charge < -0.3 is 4.90 Å². The second kappa shape index (κ2) is 8.49. The molecule has 0 bridgehead atoms. The summed E-state index contributed by atoms with van der Waals surface area (Å²) in [4.78, 5) is 5.47. The molecule has 0 aliphatic carbocycles. The van der Waals surface area contributed by atoms with Crippen LogP contribution < -0.4 is 0 Å². The molecule has 2 fully saturated rings. The summed E-state index contributed by atoms with van der Waals surface area (Å²) in [7, 11) is -3.43. The predicted octanol–water partition coefficient (Wildman–Crippen LogP) is 3.02. The van der Waals surface area contributed by atoms with E-state index in [1.165, 1.54) is 38.9 Å². The van der Waals surface area contributed by atoms with E-state index in [0.717, 1.165) is 23.9 Å². The molecule has 152 valence electrons. The van der Waals surface area contributed by atoms with Crippen molar-refractivity contribution in [3.05, 3.63) is 42.5 Å². The van der Waals surface area contributed by atoms with Gasteiger partial charge in [0, 0.05) is 32.2 Å². The van der Waals surface area contributed by atoms with E-state index in [4.69, 9.17) is 0 Å². The van der Waals surface area contributed by atoms with Crippen molar-refractivity contribution in [3.63, 3.8) is 0 Å². The van der Waals surface area contributed by atoms with Crippen LogP contribution in [0, 0.1) is 0 Å². The van der Waals surface area contributed by atoms with Gasteiger partial charge in [-0.2, -0.15) is 4.31 Å². The number of hydrogen-bond acceptors (Lipinski definition) is 4. The lowest BCUT2D eigenvalue weighted by molar-refractivity contribution is 0.0811. The van der Waals surface area contributed by atoms with Gasteiger partial charge in [0.15, 0.2) is 0 Å². The van der Waals surface area contributed by atoms with Crippen molar-refractivity contribution in [2.24, 2.45) is 0 Å². The molecule has 2 aromatic rings. The highest BCUT2D eigenvalue weighted by Gasteiger charge is 2.32. The highest BCUT2D eigenvalue weighted by atomic mass is 32.2. The van der Waals surface area contributed by atoms with Crippen molar-refractivity contribution < 1.29 is 8.42 Å². The van der Waals surface area contributed by atoms with Crippen LogP contribution in [0.2, 0.25) is 0 Å². The molecule has 0 N–H and O–H groups in total. The van der Waals surface area contributed by atoms with Crippen LogP contribution in [0.5, 0.6) is 0 Å². The fourth-order valence-corrected chi connectivity index (χ4v) is 6.07. The zero-order valence-corrected chi connectivity index (χ0v) is 17.6. The van der Waals surface area contributed by atoms with Crippen molar-refractivity contribution in [2.45, 2.75) is 37.1 Å². The van der Waals surface area contributed by atoms with Gasteiger partial charge in [-0.15, -0.1) is 0 Å². The number of nitrogens with zero attached hydrogens (tertiary/aromatic N) is 3. The van der Waals surface area contributed by atoms with Gasteiger partial charge in [-0.25, -0.2) is 8.42 Å². The summed E-state index contributed by atoms with van der Waals surface area (Å²) in [6, 6.07) is 14.0. The highest BCUT2D eigenvalue weighted by Crippen LogP contribution is 2.24. The summed E-state index contributed by atoms with van der Waals surface area (Å²) in [6.07, 6.45) is 3.63. The third-order valence-corrected chi connectivity index (χ3v) is 8.14. The lowest BCUT2D eigenvalue weighted by atomic mass is 10.0. The average molecular weight is 402 g/mol. The first-order valence-corrected chi connectivity index (χ1v) is 12.0. The van der Waals surface area contributed by atoms with Gasteiger partial charge in [0.1, 0.15) is 0 Å². The molecule has 0 unspecified atom stereocenters. The Balaban J connectivity index is 1.38. The van der Waals surface area contributed by atoms with Crippen LogP contribution in [-0.2, 0) is 10.0 Å². The number of hydrogen-bond donors (Lipinski definition) is 0. The van der Waals surface area contributed by atoms with E-state index in [-0.39, 0.29) is 0 Å². The molecule has 2 aliphatic heterocycles. The standard InChI is InChI=1S/C22H31N3O2S/c1-2-11-23-12-9-21(10-13-23)24-14-16-25(17-15-24)28(26,27)22-8-7-19-5-3-4-6-20(19)18-22/h3-8,18,21H,2,9-17H2,1H3. The molecule has 2 aliphatic rings. The van der Waals surface area contributed by atoms with Crippen LogP contribution >= 0.6 is 0 Å². The highest BCUT2D eigenvalue weighted by molar-refractivity contribution is 7.89. The van der Waals surface area contributed by atoms with Crippen LogP contribution in [0.1, 0.15) is 26.2 Å². The molecule has 5 nitrogen and oxygen atoms in total. The van der Waals surface area contributed by atoms with E-state index in [2.05, 4.69) is 16.7 Å². The smallest absolute Gasteiger partial charge is 0.243 e. The first kappa shape index (κ1) is 19.8. The van der Waals surface area contributed by atoms with E-state index in [9.17, 15) is 8.42 Å². The van der Waals surface area contributed by atoms with E-state index in [1.54, 1.807) is 16.4 Å². The monoisotopic (exact) mass is 401 g/mol. The molecule has 2 saturated heterocycles. The SMILES string of the molecule is CCCN1CCC(N2CCN(S(=O)(=O)c3ccc4ccccc4c3)CC2)CC1. The molecule has 4 rings (SSSR count). The maximum absolute atomic E-state index is 13.1. The Labute approximate surface area is 169 Å². The molecule has 0 amide bonds. The van der Waals surface area contributed by atoms with Crippen LogP contribution in [-0.4, -0.2) is 74.4 Å². The quantitative estimate of drug-likeness (QED) is 0.773. The minimum atomic E-state index is -3.43. The minimum absolute atomic E-state index is 0.410. The molecule has 6 heteroatoms. The summed E-state index contributed by atoms with van der Waals surface area (Å²) in [6.45, 7) is 8.64. The number of sulfonamides is 1. The third-order valence-electron chi connectivity index (χ3n) is 6.25. The first-order valence-electron chi connectivity index (χ1n) is 10.5. The third kappa shape index (κ3) is 4.10. The van der Waals surface area contributed by atoms with Gasteiger partial charge in [-0.05, 0) is 61.8 Å². The lowest BCUT2D eigenvalue weighted by Crippen LogP contribution is -2.54. The van der Waals surface area contributed by atoms with Gasteiger partial charge in [0.25, 0.3) is 0 Å². The minimum Gasteiger partial charge on any atom is -0.303 e. The average Bonchev–Trinajstić information content (AvgIpc) is 2.74. The van der Waals surface area contributed by atoms with Crippen LogP contribution in [0.4, 0.5) is 0 Å². The topological polar surface area (TPSA) is 43.9 Å². The second-order valence-electron chi connectivity index (χ2n) is 8.02. The van der Waals surface area contributed by atoms with Crippen LogP contribution in [0.25, 0.3) is 10.8 Å². The van der Waals surface area contributed by atoms with E-state index in [1.807, 2.05) is 30.3 Å². The van der Waals surface area contributed by atoms with Crippen LogP contribution in [0.15, 0.2) is 47.4 Å². The van der Waals surface area contributed by atoms with E-state index in [0.29, 0.717) is 24.0 Å². The van der Waals surface area contributed by atoms with Gasteiger partial charge >= 0.3 is 0 Å². The second-order valence-corrected chi connectivity index (χ2v) is 9.96. The molecule has 0 aromatic heterocycles. The summed E-state index contributed by atoms with van der Waals surface area (Å²) in [5.74, 6) is 0. The van der Waals surface area contributed by atoms with Gasteiger partial charge in [-0.1, -0.05) is 37.3 Å². The molecule has 28 heavy (non-hydrogen) atoms. The summed E-state index contributed by atoms with van der Waals surface area (Å²) < 4.78 is 27.9. The first-order chi connectivity index (χ1) is 13.6. The molecular weight excluding hydrogens is 370 g/mol. The predicted molar refractivity (Wildman–Crippen MR) is 114 cm³/mol. The Morgan fingerprint density at radius 1 is 0.893 bits per heavy atom. The Bertz CT molecular complexity index is 899. The molecular formula is C22H31N3O2S. The Morgan fingerprint density at radius 2 is 1.57 bits per heavy atom. The molecule has 0 saturated carbocycles. The molecule has 0 spiro atoms. The fourth-order valence-electron chi connectivity index (χ4n) is 4.61. The number of likely N-dealkylation sites (tertiary alicyclic amines) is 1. The fraction of sp³-hybridized carbons (Fsp3) is 0.545. The maximum Gasteiger partial charge on any atom is 0.243 e. The number of piperidine rings is 1. The number of piperazine rings is 1. The van der Waals surface area contributed by atoms with Gasteiger partial charge in [0.05, 0.1) is 4.90 Å². The van der Waals surface area contributed by atoms with Crippen molar-refractivity contribution in [1.29, 1.82) is 0 Å². The van der Waals surface area contributed by atoms with Crippen molar-refractivity contribution in [3.8, 4) is 0 Å². The largest absolute Gasteiger partial charge is 0.303 e. The molecule has 2 aromatic carbocycles. The lowest BCUT2D eigenvalue weighted by Gasteiger charge is -2.42. The van der Waals surface area contributed by atoms with Crippen molar-refractivity contribution in [1.82, 2.24) is 14.1 Å². The van der Waals surface area contributed by atoms with Gasteiger partial charge in [0.2, 0.25) is 10.0 Å². The summed E-state index contributed by atoms with van der Waals surface area (Å²) in [5.41, 5.74) is 0. The number of fused-ring (bicyclic) bond motifs is 1. The van der Waals surface area contributed by atoms with E-state index >= 15 is 0 Å². The van der Waals surface area contributed by atoms with Crippen LogP contribution in [0.3, 0.4) is 0 Å². The Hall–Kier alpha value is -1.47. The Kier molecular flexibility index (Phi) is 6.01. The summed E-state index contributed by atoms with van der Waals surface area (Å²) in [5, 5.41) is 2.04. The normalized spacial score (nSPS) is 21.3. The summed E-state index contributed by atoms with van der Waals surface area (Å²) >= 11 is 0. The van der Waals surface area contributed by atoms with Gasteiger partial charge in [-0.3, -0.25) is 4.90 Å². The molecule has 0 atom stereocenters. The van der Waals surface area contributed by atoms with Crippen molar-refractivity contribution >= 4 is 20.8 Å².